The zero-order valence-corrected chi connectivity index (χ0v) is 12.4. The molecule has 0 radical (unpaired) electrons. The Kier molecular flexibility index (Phi) is 3.63. The van der Waals surface area contributed by atoms with Crippen molar-refractivity contribution in [1.29, 1.82) is 0 Å². The summed E-state index contributed by atoms with van der Waals surface area (Å²) in [4.78, 5) is 0. The van der Waals surface area contributed by atoms with Gasteiger partial charge < -0.3 is 10.1 Å². The average Bonchev–Trinajstić information content (AvgIpc) is 2.86. The van der Waals surface area contributed by atoms with Crippen molar-refractivity contribution in [2.45, 2.75) is 11.8 Å². The lowest BCUT2D eigenvalue weighted by atomic mass is 9.84. The Morgan fingerprint density at radius 1 is 0.950 bits per heavy atom. The van der Waals surface area contributed by atoms with E-state index in [1.165, 1.54) is 11.1 Å². The van der Waals surface area contributed by atoms with Crippen LogP contribution in [-0.2, 0) is 0 Å². The molecule has 2 aromatic rings. The predicted octanol–water partition coefficient (Wildman–Crippen LogP) is 4.34. The molecule has 0 saturated carbocycles. The van der Waals surface area contributed by atoms with Crippen LogP contribution in [0, 0.1) is 0 Å². The van der Waals surface area contributed by atoms with Crippen molar-refractivity contribution in [3.63, 3.8) is 0 Å². The molecular weight excluding hydrogens is 293 g/mol. The van der Waals surface area contributed by atoms with E-state index >= 15 is 0 Å². The number of fused-ring (bicyclic) bond motifs is 5. The first-order valence-electron chi connectivity index (χ1n) is 6.60. The van der Waals surface area contributed by atoms with Crippen molar-refractivity contribution in [3.05, 3.63) is 58.6 Å². The molecule has 0 bridgehead atoms. The molecule has 0 spiro atoms. The molecule has 1 unspecified atom stereocenters. The van der Waals surface area contributed by atoms with Crippen molar-refractivity contribution >= 4 is 24.0 Å². The number of hydrogen-bond acceptors (Lipinski definition) is 2. The van der Waals surface area contributed by atoms with Gasteiger partial charge in [-0.1, -0.05) is 29.8 Å². The molecule has 1 saturated heterocycles. The van der Waals surface area contributed by atoms with Crippen LogP contribution < -0.4 is 10.1 Å². The van der Waals surface area contributed by atoms with E-state index in [-0.39, 0.29) is 12.4 Å². The summed E-state index contributed by atoms with van der Waals surface area (Å²) in [6.45, 7) is 1.98. The van der Waals surface area contributed by atoms with Gasteiger partial charge in [-0.25, -0.2) is 0 Å². The molecule has 2 aliphatic heterocycles. The first kappa shape index (κ1) is 13.7. The number of nitrogens with one attached hydrogen (secondary N) is 1. The molecule has 2 aromatic carbocycles. The summed E-state index contributed by atoms with van der Waals surface area (Å²) >= 11 is 6.16. The third-order valence-electron chi connectivity index (χ3n) is 4.12. The van der Waals surface area contributed by atoms with Crippen LogP contribution >= 0.6 is 24.0 Å². The van der Waals surface area contributed by atoms with Crippen molar-refractivity contribution in [2.75, 3.05) is 13.1 Å². The van der Waals surface area contributed by atoms with Gasteiger partial charge in [-0.05, 0) is 29.8 Å². The second kappa shape index (κ2) is 5.28. The van der Waals surface area contributed by atoms with Gasteiger partial charge in [0.2, 0.25) is 0 Å². The molecule has 4 heteroatoms. The van der Waals surface area contributed by atoms with Crippen LogP contribution in [0.4, 0.5) is 0 Å². The third kappa shape index (κ3) is 2.08. The van der Waals surface area contributed by atoms with E-state index in [9.17, 15) is 0 Å². The largest absolute Gasteiger partial charge is 0.457 e. The molecule has 2 nitrogen and oxygen atoms in total. The van der Waals surface area contributed by atoms with Gasteiger partial charge in [-0.15, -0.1) is 12.4 Å². The Bertz CT molecular complexity index is 644. The molecule has 4 rings (SSSR count). The van der Waals surface area contributed by atoms with Crippen molar-refractivity contribution in [1.82, 2.24) is 5.32 Å². The van der Waals surface area contributed by atoms with Crippen molar-refractivity contribution in [2.24, 2.45) is 0 Å². The monoisotopic (exact) mass is 307 g/mol. The molecule has 2 atom stereocenters. The summed E-state index contributed by atoms with van der Waals surface area (Å²) in [5.74, 6) is 2.82. The zero-order chi connectivity index (χ0) is 12.8. The molecule has 2 aliphatic rings. The first-order valence-corrected chi connectivity index (χ1v) is 6.97. The second-order valence-electron chi connectivity index (χ2n) is 5.19. The molecule has 0 amide bonds. The van der Waals surface area contributed by atoms with Crippen LogP contribution in [0.3, 0.4) is 0 Å². The number of ether oxygens (including phenoxy) is 1. The van der Waals surface area contributed by atoms with Crippen LogP contribution in [0.15, 0.2) is 42.5 Å². The predicted molar refractivity (Wildman–Crippen MR) is 83.6 cm³/mol. The number of hydrogen-bond donors (Lipinski definition) is 1. The van der Waals surface area contributed by atoms with Gasteiger partial charge in [0.1, 0.15) is 11.5 Å². The topological polar surface area (TPSA) is 21.3 Å². The third-order valence-corrected chi connectivity index (χ3v) is 4.36. The highest BCUT2D eigenvalue weighted by atomic mass is 35.5. The molecule has 104 valence electrons. The van der Waals surface area contributed by atoms with Gasteiger partial charge in [-0.2, -0.15) is 0 Å². The van der Waals surface area contributed by atoms with Gasteiger partial charge in [0, 0.05) is 35.5 Å². The maximum absolute atomic E-state index is 6.16. The van der Waals surface area contributed by atoms with Crippen molar-refractivity contribution in [3.8, 4) is 11.5 Å². The number of halogens is 2. The molecule has 2 heterocycles. The highest BCUT2D eigenvalue weighted by Crippen LogP contribution is 2.48. The molecule has 0 aromatic heterocycles. The van der Waals surface area contributed by atoms with E-state index < -0.39 is 0 Å². The van der Waals surface area contributed by atoms with Gasteiger partial charge in [0.15, 0.2) is 0 Å². The van der Waals surface area contributed by atoms with Gasteiger partial charge in [0.05, 0.1) is 0 Å². The SMILES string of the molecule is Cl.Clc1ccc2c(c1)C1CNC[C@@H]1c1ccccc1O2. The number of para-hydroxylation sites is 1. The van der Waals surface area contributed by atoms with Crippen LogP contribution in [0.1, 0.15) is 23.0 Å². The second-order valence-corrected chi connectivity index (χ2v) is 5.63. The summed E-state index contributed by atoms with van der Waals surface area (Å²) in [6, 6.07) is 14.3. The van der Waals surface area contributed by atoms with Crippen LogP contribution in [-0.4, -0.2) is 13.1 Å². The summed E-state index contributed by atoms with van der Waals surface area (Å²) in [5.41, 5.74) is 2.52. The highest BCUT2D eigenvalue weighted by Gasteiger charge is 2.35. The standard InChI is InChI=1S/C16H14ClNO.ClH/c17-10-5-6-16-12(7-10)14-9-18-8-13(14)11-3-1-2-4-15(11)19-16;/h1-7,13-14,18H,8-9H2;1H/t13-,14?;/m1./s1. The highest BCUT2D eigenvalue weighted by molar-refractivity contribution is 6.30. The van der Waals surface area contributed by atoms with E-state index in [1.807, 2.05) is 24.3 Å². The normalized spacial score (nSPS) is 22.6. The Balaban J connectivity index is 0.00000121. The smallest absolute Gasteiger partial charge is 0.131 e. The minimum absolute atomic E-state index is 0. The first-order chi connectivity index (χ1) is 9.33. The number of benzene rings is 2. The molecule has 0 aliphatic carbocycles. The fourth-order valence-electron chi connectivity index (χ4n) is 3.23. The fourth-order valence-corrected chi connectivity index (χ4v) is 3.41. The number of rotatable bonds is 0. The zero-order valence-electron chi connectivity index (χ0n) is 10.8. The van der Waals surface area contributed by atoms with Gasteiger partial charge >= 0.3 is 0 Å². The lowest BCUT2D eigenvalue weighted by molar-refractivity contribution is 0.476. The lowest BCUT2D eigenvalue weighted by Gasteiger charge is -2.17. The molecule has 20 heavy (non-hydrogen) atoms. The Morgan fingerprint density at radius 2 is 1.65 bits per heavy atom. The Labute approximate surface area is 129 Å². The average molecular weight is 308 g/mol. The lowest BCUT2D eigenvalue weighted by Crippen LogP contribution is -2.08. The molecule has 1 fully saturated rings. The van der Waals surface area contributed by atoms with Gasteiger partial charge in [-0.3, -0.25) is 0 Å². The quantitative estimate of drug-likeness (QED) is 0.782. The minimum Gasteiger partial charge on any atom is -0.457 e. The van der Waals surface area contributed by atoms with E-state index in [1.54, 1.807) is 0 Å². The Hall–Kier alpha value is -1.22. The van der Waals surface area contributed by atoms with Crippen LogP contribution in [0.2, 0.25) is 5.02 Å². The Morgan fingerprint density at radius 3 is 2.50 bits per heavy atom. The maximum atomic E-state index is 6.16. The maximum Gasteiger partial charge on any atom is 0.131 e. The van der Waals surface area contributed by atoms with E-state index in [0.717, 1.165) is 29.6 Å². The molecule has 1 N–H and O–H groups in total. The fraction of sp³-hybridized carbons (Fsp3) is 0.250. The summed E-state index contributed by atoms with van der Waals surface area (Å²) in [5, 5.41) is 4.27. The van der Waals surface area contributed by atoms with Crippen molar-refractivity contribution < 1.29 is 4.74 Å². The van der Waals surface area contributed by atoms with Crippen LogP contribution in [0.25, 0.3) is 0 Å². The summed E-state index contributed by atoms with van der Waals surface area (Å²) < 4.78 is 6.11. The van der Waals surface area contributed by atoms with E-state index in [0.29, 0.717) is 11.8 Å². The summed E-state index contributed by atoms with van der Waals surface area (Å²) in [7, 11) is 0. The van der Waals surface area contributed by atoms with Gasteiger partial charge in [0.25, 0.3) is 0 Å². The minimum atomic E-state index is 0. The van der Waals surface area contributed by atoms with Crippen LogP contribution in [0.5, 0.6) is 11.5 Å². The summed E-state index contributed by atoms with van der Waals surface area (Å²) in [6.07, 6.45) is 0. The molecular formula is C16H15Cl2NO. The van der Waals surface area contributed by atoms with E-state index in [2.05, 4.69) is 23.5 Å². The van der Waals surface area contributed by atoms with E-state index in [4.69, 9.17) is 16.3 Å².